The number of aryl methyl sites for hydroxylation is 1. The summed E-state index contributed by atoms with van der Waals surface area (Å²) < 4.78 is 25.1. The van der Waals surface area contributed by atoms with Gasteiger partial charge in [-0.1, -0.05) is 42.7 Å². The molecular weight excluding hydrogens is 334 g/mol. The fourth-order valence-corrected chi connectivity index (χ4v) is 5.07. The van der Waals surface area contributed by atoms with Gasteiger partial charge in [0, 0.05) is 5.69 Å². The van der Waals surface area contributed by atoms with Crippen molar-refractivity contribution in [1.82, 2.24) is 0 Å². The molecule has 1 aliphatic carbocycles. The van der Waals surface area contributed by atoms with E-state index in [9.17, 15) is 13.2 Å². The molecule has 1 aliphatic rings. The molecule has 0 saturated heterocycles. The van der Waals surface area contributed by atoms with Gasteiger partial charge in [0.25, 0.3) is 0 Å². The van der Waals surface area contributed by atoms with Crippen molar-refractivity contribution in [1.29, 1.82) is 0 Å². The molecule has 0 unspecified atom stereocenters. The Hall–Kier alpha value is -2.14. The van der Waals surface area contributed by atoms with E-state index in [0.717, 1.165) is 36.8 Å². The number of hydrogen-bond donors (Lipinski definition) is 1. The summed E-state index contributed by atoms with van der Waals surface area (Å²) >= 11 is 0. The second-order valence-corrected chi connectivity index (χ2v) is 8.91. The molecule has 4 nitrogen and oxygen atoms in total. The lowest BCUT2D eigenvalue weighted by Gasteiger charge is -2.12. The molecule has 2 aromatic rings. The number of amides is 1. The van der Waals surface area contributed by atoms with Crippen LogP contribution in [0.4, 0.5) is 5.69 Å². The van der Waals surface area contributed by atoms with Gasteiger partial charge in [-0.3, -0.25) is 4.79 Å². The highest BCUT2D eigenvalue weighted by Crippen LogP contribution is 2.30. The second kappa shape index (κ2) is 7.40. The van der Waals surface area contributed by atoms with Crippen LogP contribution >= 0.6 is 0 Å². The lowest BCUT2D eigenvalue weighted by atomic mass is 10.1. The Morgan fingerprint density at radius 1 is 1.00 bits per heavy atom. The highest BCUT2D eigenvalue weighted by molar-refractivity contribution is 7.92. The number of benzene rings is 2. The van der Waals surface area contributed by atoms with Crippen LogP contribution in [0.15, 0.2) is 53.4 Å². The van der Waals surface area contributed by atoms with Gasteiger partial charge in [-0.25, -0.2) is 8.42 Å². The van der Waals surface area contributed by atoms with Crippen LogP contribution < -0.4 is 5.32 Å². The third-order valence-corrected chi connectivity index (χ3v) is 6.97. The SMILES string of the molecule is Cc1ccc(CC(=O)Nc2ccc(S(=O)(=O)C3CCCC3)cc2)cc1. The van der Waals surface area contributed by atoms with Gasteiger partial charge < -0.3 is 5.32 Å². The highest BCUT2D eigenvalue weighted by atomic mass is 32.2. The Morgan fingerprint density at radius 3 is 2.20 bits per heavy atom. The Bertz CT molecular complexity index is 834. The lowest BCUT2D eigenvalue weighted by molar-refractivity contribution is -0.115. The van der Waals surface area contributed by atoms with Gasteiger partial charge in [0.05, 0.1) is 16.6 Å². The molecule has 1 fully saturated rings. The standard InChI is InChI=1S/C20H23NO3S/c1-15-6-8-16(9-7-15)14-20(22)21-17-10-12-19(13-11-17)25(23,24)18-4-2-3-5-18/h6-13,18H,2-5,14H2,1H3,(H,21,22). The third-order valence-electron chi connectivity index (χ3n) is 4.69. The van der Waals surface area contributed by atoms with Crippen LogP contribution in [0.2, 0.25) is 0 Å². The van der Waals surface area contributed by atoms with E-state index in [4.69, 9.17) is 0 Å². The van der Waals surface area contributed by atoms with Crippen LogP contribution in [0, 0.1) is 6.92 Å². The molecule has 5 heteroatoms. The van der Waals surface area contributed by atoms with Gasteiger partial charge in [0.2, 0.25) is 5.91 Å². The maximum Gasteiger partial charge on any atom is 0.228 e. The molecule has 0 aromatic heterocycles. The number of anilines is 1. The Labute approximate surface area is 149 Å². The molecule has 3 rings (SSSR count). The Kier molecular flexibility index (Phi) is 5.23. The second-order valence-electron chi connectivity index (χ2n) is 6.69. The molecule has 1 saturated carbocycles. The van der Waals surface area contributed by atoms with E-state index in [1.54, 1.807) is 24.3 Å². The van der Waals surface area contributed by atoms with E-state index in [-0.39, 0.29) is 11.2 Å². The number of rotatable bonds is 5. The van der Waals surface area contributed by atoms with Crippen LogP contribution in [0.1, 0.15) is 36.8 Å². The minimum absolute atomic E-state index is 0.116. The van der Waals surface area contributed by atoms with Crippen LogP contribution in [0.5, 0.6) is 0 Å². The Morgan fingerprint density at radius 2 is 1.60 bits per heavy atom. The van der Waals surface area contributed by atoms with E-state index in [1.165, 1.54) is 0 Å². The van der Waals surface area contributed by atoms with Crippen LogP contribution in [0.25, 0.3) is 0 Å². The molecule has 1 N–H and O–H groups in total. The molecule has 0 radical (unpaired) electrons. The molecule has 0 aliphatic heterocycles. The minimum atomic E-state index is -3.25. The van der Waals surface area contributed by atoms with E-state index in [2.05, 4.69) is 5.32 Å². The van der Waals surface area contributed by atoms with Crippen molar-refractivity contribution in [3.05, 3.63) is 59.7 Å². The summed E-state index contributed by atoms with van der Waals surface area (Å²) in [4.78, 5) is 12.5. The predicted molar refractivity (Wildman–Crippen MR) is 99.4 cm³/mol. The van der Waals surface area contributed by atoms with E-state index >= 15 is 0 Å². The summed E-state index contributed by atoms with van der Waals surface area (Å²) in [6.45, 7) is 2.00. The predicted octanol–water partition coefficient (Wildman–Crippen LogP) is 3.89. The van der Waals surface area contributed by atoms with Crippen molar-refractivity contribution in [2.24, 2.45) is 0 Å². The molecule has 1 amide bonds. The number of carbonyl (C=O) groups excluding carboxylic acids is 1. The normalized spacial score (nSPS) is 15.2. The Balaban J connectivity index is 1.64. The topological polar surface area (TPSA) is 63.2 Å². The first-order valence-corrected chi connectivity index (χ1v) is 10.2. The monoisotopic (exact) mass is 357 g/mol. The molecule has 132 valence electrons. The van der Waals surface area contributed by atoms with Crippen molar-refractivity contribution in [2.75, 3.05) is 5.32 Å². The molecule has 0 spiro atoms. The number of hydrogen-bond acceptors (Lipinski definition) is 3. The molecule has 25 heavy (non-hydrogen) atoms. The highest BCUT2D eigenvalue weighted by Gasteiger charge is 2.30. The van der Waals surface area contributed by atoms with Gasteiger partial charge >= 0.3 is 0 Å². The van der Waals surface area contributed by atoms with Crippen molar-refractivity contribution in [3.8, 4) is 0 Å². The summed E-state index contributed by atoms with van der Waals surface area (Å²) in [5.74, 6) is -0.116. The van der Waals surface area contributed by atoms with Gasteiger partial charge in [0.15, 0.2) is 9.84 Å². The molecular formula is C20H23NO3S. The zero-order valence-corrected chi connectivity index (χ0v) is 15.2. The van der Waals surface area contributed by atoms with Gasteiger partial charge in [-0.15, -0.1) is 0 Å². The molecule has 2 aromatic carbocycles. The average Bonchev–Trinajstić information content (AvgIpc) is 3.13. The van der Waals surface area contributed by atoms with Crippen molar-refractivity contribution in [2.45, 2.75) is 49.2 Å². The lowest BCUT2D eigenvalue weighted by Crippen LogP contribution is -2.18. The fourth-order valence-electron chi connectivity index (χ4n) is 3.22. The van der Waals surface area contributed by atoms with Gasteiger partial charge in [0.1, 0.15) is 0 Å². The third kappa shape index (κ3) is 4.28. The first kappa shape index (κ1) is 17.7. The van der Waals surface area contributed by atoms with E-state index in [1.807, 2.05) is 31.2 Å². The van der Waals surface area contributed by atoms with Crippen molar-refractivity contribution in [3.63, 3.8) is 0 Å². The maximum absolute atomic E-state index is 12.5. The first-order valence-electron chi connectivity index (χ1n) is 8.64. The zero-order valence-electron chi connectivity index (χ0n) is 14.4. The summed E-state index contributed by atoms with van der Waals surface area (Å²) in [6.07, 6.45) is 3.76. The molecule has 0 bridgehead atoms. The smallest absolute Gasteiger partial charge is 0.228 e. The maximum atomic E-state index is 12.5. The summed E-state index contributed by atoms with van der Waals surface area (Å²) in [5.41, 5.74) is 2.72. The minimum Gasteiger partial charge on any atom is -0.326 e. The number of carbonyl (C=O) groups is 1. The summed E-state index contributed by atoms with van der Waals surface area (Å²) in [6, 6.07) is 14.3. The van der Waals surface area contributed by atoms with E-state index in [0.29, 0.717) is 17.0 Å². The fraction of sp³-hybridized carbons (Fsp3) is 0.350. The zero-order chi connectivity index (χ0) is 17.9. The quantitative estimate of drug-likeness (QED) is 0.883. The van der Waals surface area contributed by atoms with Gasteiger partial charge in [-0.05, 0) is 49.6 Å². The molecule has 0 heterocycles. The number of nitrogens with one attached hydrogen (secondary N) is 1. The average molecular weight is 357 g/mol. The number of sulfone groups is 1. The van der Waals surface area contributed by atoms with Crippen LogP contribution in [0.3, 0.4) is 0 Å². The first-order chi connectivity index (χ1) is 11.9. The summed E-state index contributed by atoms with van der Waals surface area (Å²) in [5, 5.41) is 2.56. The van der Waals surface area contributed by atoms with Crippen LogP contribution in [-0.2, 0) is 21.1 Å². The largest absolute Gasteiger partial charge is 0.326 e. The molecule has 0 atom stereocenters. The summed E-state index contributed by atoms with van der Waals surface area (Å²) in [7, 11) is -3.25. The van der Waals surface area contributed by atoms with Crippen LogP contribution in [-0.4, -0.2) is 19.6 Å². The van der Waals surface area contributed by atoms with E-state index < -0.39 is 9.84 Å². The van der Waals surface area contributed by atoms with Crippen molar-refractivity contribution >= 4 is 21.4 Å². The van der Waals surface area contributed by atoms with Crippen molar-refractivity contribution < 1.29 is 13.2 Å². The van der Waals surface area contributed by atoms with Gasteiger partial charge in [-0.2, -0.15) is 0 Å².